The van der Waals surface area contributed by atoms with E-state index in [1.165, 1.54) is 12.2 Å². The molecule has 19 heavy (non-hydrogen) atoms. The van der Waals surface area contributed by atoms with Gasteiger partial charge in [-0.15, -0.1) is 0 Å². The summed E-state index contributed by atoms with van der Waals surface area (Å²) >= 11 is 0. The fourth-order valence-electron chi connectivity index (χ4n) is 1.85. The molecule has 4 heteroatoms. The summed E-state index contributed by atoms with van der Waals surface area (Å²) in [5, 5.41) is 0. The van der Waals surface area contributed by atoms with E-state index in [2.05, 4.69) is 9.98 Å². The van der Waals surface area contributed by atoms with Crippen molar-refractivity contribution in [3.8, 4) is 0 Å². The third-order valence-corrected chi connectivity index (χ3v) is 2.68. The molecule has 0 aromatic heterocycles. The average molecular weight is 250 g/mol. The van der Waals surface area contributed by atoms with E-state index in [0.717, 1.165) is 5.56 Å². The number of rotatable bonds is 4. The molecule has 0 spiro atoms. The maximum absolute atomic E-state index is 10.4. The zero-order chi connectivity index (χ0) is 13.5. The number of isocyanates is 2. The summed E-state index contributed by atoms with van der Waals surface area (Å²) in [4.78, 5) is 28.2. The molecule has 2 aromatic rings. The zero-order valence-corrected chi connectivity index (χ0v) is 10.0. The lowest BCUT2D eigenvalue weighted by molar-refractivity contribution is 0.565. The molecular weight excluding hydrogens is 240 g/mol. The predicted octanol–water partition coefficient (Wildman–Crippen LogP) is 3.21. The second-order valence-electron chi connectivity index (χ2n) is 3.84. The van der Waals surface area contributed by atoms with Gasteiger partial charge >= 0.3 is 0 Å². The molecule has 0 amide bonds. The van der Waals surface area contributed by atoms with Crippen LogP contribution < -0.4 is 0 Å². The largest absolute Gasteiger partial charge is 0.240 e. The van der Waals surface area contributed by atoms with Gasteiger partial charge in [-0.05, 0) is 17.7 Å². The SMILES string of the molecule is O=C=Nc1cccc(N=C=O)c1Cc1ccccc1. The Morgan fingerprint density at radius 3 is 1.89 bits per heavy atom. The standard InChI is InChI=1S/C15H10N2O2/c18-10-16-14-7-4-8-15(17-11-19)13(14)9-12-5-2-1-3-6-12/h1-8H,9H2. The molecule has 0 unspecified atom stereocenters. The molecule has 0 aliphatic rings. The summed E-state index contributed by atoms with van der Waals surface area (Å²) in [7, 11) is 0. The first kappa shape index (κ1) is 12.7. The number of carbonyl (C=O) groups excluding carboxylic acids is 2. The highest BCUT2D eigenvalue weighted by molar-refractivity contribution is 5.66. The van der Waals surface area contributed by atoms with Gasteiger partial charge in [0.1, 0.15) is 0 Å². The predicted molar refractivity (Wildman–Crippen MR) is 71.3 cm³/mol. The van der Waals surface area contributed by atoms with E-state index in [-0.39, 0.29) is 0 Å². The van der Waals surface area contributed by atoms with E-state index in [0.29, 0.717) is 23.4 Å². The van der Waals surface area contributed by atoms with Crippen LogP contribution in [0.4, 0.5) is 11.4 Å². The highest BCUT2D eigenvalue weighted by atomic mass is 16.1. The minimum absolute atomic E-state index is 0.468. The molecule has 0 atom stereocenters. The van der Waals surface area contributed by atoms with Crippen molar-refractivity contribution in [2.75, 3.05) is 0 Å². The Hall–Kier alpha value is -2.80. The Balaban J connectivity index is 2.51. The second-order valence-corrected chi connectivity index (χ2v) is 3.84. The van der Waals surface area contributed by atoms with Crippen LogP contribution in [0.3, 0.4) is 0 Å². The molecule has 2 aromatic carbocycles. The molecule has 0 radical (unpaired) electrons. The van der Waals surface area contributed by atoms with Crippen LogP contribution in [0.25, 0.3) is 0 Å². The van der Waals surface area contributed by atoms with Crippen molar-refractivity contribution in [2.45, 2.75) is 6.42 Å². The second kappa shape index (κ2) is 6.22. The summed E-state index contributed by atoms with van der Waals surface area (Å²) in [6.07, 6.45) is 3.56. The molecular formula is C15H10N2O2. The van der Waals surface area contributed by atoms with Crippen LogP contribution in [0, 0.1) is 0 Å². The van der Waals surface area contributed by atoms with Crippen LogP contribution in [0.5, 0.6) is 0 Å². The van der Waals surface area contributed by atoms with Crippen molar-refractivity contribution >= 4 is 23.5 Å². The lowest BCUT2D eigenvalue weighted by atomic mass is 10.0. The van der Waals surface area contributed by atoms with Crippen molar-refractivity contribution in [2.24, 2.45) is 9.98 Å². The Morgan fingerprint density at radius 2 is 1.37 bits per heavy atom. The number of benzene rings is 2. The van der Waals surface area contributed by atoms with Crippen LogP contribution in [-0.2, 0) is 16.0 Å². The average Bonchev–Trinajstić information content (AvgIpc) is 2.44. The first-order valence-electron chi connectivity index (χ1n) is 5.66. The molecule has 92 valence electrons. The third-order valence-electron chi connectivity index (χ3n) is 2.68. The summed E-state index contributed by atoms with van der Waals surface area (Å²) in [5.74, 6) is 0. The first-order valence-corrected chi connectivity index (χ1v) is 5.66. The van der Waals surface area contributed by atoms with E-state index in [1.54, 1.807) is 18.2 Å². The van der Waals surface area contributed by atoms with Gasteiger partial charge in [0.15, 0.2) is 0 Å². The van der Waals surface area contributed by atoms with Gasteiger partial charge in [-0.1, -0.05) is 36.4 Å². The summed E-state index contributed by atoms with van der Waals surface area (Å²) in [6.45, 7) is 0. The van der Waals surface area contributed by atoms with Crippen LogP contribution in [0.15, 0.2) is 58.5 Å². The Kier molecular flexibility index (Phi) is 4.14. The summed E-state index contributed by atoms with van der Waals surface area (Å²) < 4.78 is 0. The molecule has 0 saturated heterocycles. The molecule has 2 rings (SSSR count). The lowest BCUT2D eigenvalue weighted by Gasteiger charge is -2.07. The number of nitrogens with zero attached hydrogens (tertiary/aromatic N) is 2. The van der Waals surface area contributed by atoms with E-state index in [4.69, 9.17) is 0 Å². The molecule has 0 saturated carbocycles. The molecule has 0 fully saturated rings. The van der Waals surface area contributed by atoms with Crippen molar-refractivity contribution in [1.29, 1.82) is 0 Å². The Labute approximate surface area is 110 Å². The summed E-state index contributed by atoms with van der Waals surface area (Å²) in [5.41, 5.74) is 2.68. The Morgan fingerprint density at radius 1 is 0.789 bits per heavy atom. The maximum atomic E-state index is 10.4. The zero-order valence-electron chi connectivity index (χ0n) is 10.0. The molecule has 0 aliphatic carbocycles. The smallest absolute Gasteiger partial charge is 0.211 e. The first-order chi connectivity index (χ1) is 9.35. The van der Waals surface area contributed by atoms with Crippen molar-refractivity contribution in [1.82, 2.24) is 0 Å². The fraction of sp³-hybridized carbons (Fsp3) is 0.0667. The van der Waals surface area contributed by atoms with Gasteiger partial charge in [0.05, 0.1) is 11.4 Å². The third kappa shape index (κ3) is 3.11. The van der Waals surface area contributed by atoms with Gasteiger partial charge in [-0.2, -0.15) is 9.98 Å². The van der Waals surface area contributed by atoms with E-state index < -0.39 is 0 Å². The number of hydrogen-bond donors (Lipinski definition) is 0. The van der Waals surface area contributed by atoms with Gasteiger partial charge in [0.25, 0.3) is 0 Å². The van der Waals surface area contributed by atoms with Crippen molar-refractivity contribution < 1.29 is 9.59 Å². The van der Waals surface area contributed by atoms with E-state index in [1.807, 2.05) is 30.3 Å². The van der Waals surface area contributed by atoms with Gasteiger partial charge < -0.3 is 0 Å². The number of hydrogen-bond acceptors (Lipinski definition) is 4. The molecule has 0 bridgehead atoms. The van der Waals surface area contributed by atoms with Crippen molar-refractivity contribution in [3.63, 3.8) is 0 Å². The summed E-state index contributed by atoms with van der Waals surface area (Å²) in [6, 6.07) is 14.7. The van der Waals surface area contributed by atoms with Crippen LogP contribution >= 0.6 is 0 Å². The lowest BCUT2D eigenvalue weighted by Crippen LogP contribution is -1.89. The van der Waals surface area contributed by atoms with Gasteiger partial charge in [-0.3, -0.25) is 0 Å². The van der Waals surface area contributed by atoms with Crippen LogP contribution in [0.2, 0.25) is 0 Å². The molecule has 0 heterocycles. The number of aliphatic imine (C=N–C) groups is 2. The molecule has 4 nitrogen and oxygen atoms in total. The quantitative estimate of drug-likeness (QED) is 0.618. The highest BCUT2D eigenvalue weighted by Crippen LogP contribution is 2.30. The Bertz CT molecular complexity index is 632. The van der Waals surface area contributed by atoms with E-state index >= 15 is 0 Å². The van der Waals surface area contributed by atoms with Crippen LogP contribution in [-0.4, -0.2) is 12.2 Å². The van der Waals surface area contributed by atoms with Gasteiger partial charge in [-0.25, -0.2) is 9.59 Å². The fourth-order valence-corrected chi connectivity index (χ4v) is 1.85. The molecule has 0 N–H and O–H groups in total. The topological polar surface area (TPSA) is 58.9 Å². The normalized spacial score (nSPS) is 9.26. The maximum Gasteiger partial charge on any atom is 0.240 e. The monoisotopic (exact) mass is 250 g/mol. The van der Waals surface area contributed by atoms with Gasteiger partial charge in [0.2, 0.25) is 12.2 Å². The van der Waals surface area contributed by atoms with Gasteiger partial charge in [0, 0.05) is 12.0 Å². The minimum Gasteiger partial charge on any atom is -0.211 e. The van der Waals surface area contributed by atoms with Crippen molar-refractivity contribution in [3.05, 3.63) is 59.7 Å². The minimum atomic E-state index is 0.468. The van der Waals surface area contributed by atoms with Crippen LogP contribution in [0.1, 0.15) is 11.1 Å². The van der Waals surface area contributed by atoms with E-state index in [9.17, 15) is 9.59 Å². The molecule has 0 aliphatic heterocycles. The highest BCUT2D eigenvalue weighted by Gasteiger charge is 2.08.